The average molecular weight is 446 g/mol. The molecular formula is C23H24FNO5S. The Morgan fingerprint density at radius 3 is 2.19 bits per heavy atom. The number of rotatable bonds is 5. The number of aryl methyl sites for hydroxylation is 1. The number of thiophene rings is 1. The van der Waals surface area contributed by atoms with Crippen molar-refractivity contribution in [2.45, 2.75) is 32.6 Å². The molecular weight excluding hydrogens is 421 g/mol. The molecule has 2 N–H and O–H groups in total. The lowest BCUT2D eigenvalue weighted by molar-refractivity contribution is -0.156. The van der Waals surface area contributed by atoms with Crippen LogP contribution >= 0.6 is 11.3 Å². The van der Waals surface area contributed by atoms with Crippen LogP contribution in [0.4, 0.5) is 9.39 Å². The highest BCUT2D eigenvalue weighted by Gasteiger charge is 2.50. The zero-order valence-corrected chi connectivity index (χ0v) is 18.1. The molecule has 164 valence electrons. The summed E-state index contributed by atoms with van der Waals surface area (Å²) in [6, 6.07) is 5.76. The number of carboxylic acid groups (broad SMARTS) is 1. The molecule has 1 aromatic carbocycles. The number of ether oxygens (including phenoxy) is 1. The molecule has 3 saturated carbocycles. The van der Waals surface area contributed by atoms with Crippen LogP contribution in [0.2, 0.25) is 0 Å². The van der Waals surface area contributed by atoms with Crippen molar-refractivity contribution >= 4 is 34.2 Å². The number of anilines is 1. The van der Waals surface area contributed by atoms with E-state index in [-0.39, 0.29) is 23.3 Å². The fourth-order valence-corrected chi connectivity index (χ4v) is 6.34. The van der Waals surface area contributed by atoms with E-state index in [4.69, 9.17) is 4.74 Å². The standard InChI is InChI=1S/C23H24FNO5S/c1-11-16(12-7-9-15(24)10-8-12)19(23(29)30-2)21(31-11)25-20(26)17-13-3-5-14(6-4-13)18(17)22(27)28/h7-10,13-14,17-18H,3-6H2,1-2H3,(H,25,26)(H,27,28)/t13?,14?,17-,18+/m1/s1. The van der Waals surface area contributed by atoms with Gasteiger partial charge in [0.05, 0.1) is 18.9 Å². The first-order valence-electron chi connectivity index (χ1n) is 10.3. The van der Waals surface area contributed by atoms with Gasteiger partial charge < -0.3 is 15.2 Å². The first kappa shape index (κ1) is 21.5. The van der Waals surface area contributed by atoms with Gasteiger partial charge in [0.2, 0.25) is 5.91 Å². The molecule has 3 aliphatic rings. The van der Waals surface area contributed by atoms with Gasteiger partial charge in [-0.2, -0.15) is 0 Å². The van der Waals surface area contributed by atoms with E-state index in [2.05, 4.69) is 5.32 Å². The Bertz CT molecular complexity index is 1020. The number of aliphatic carboxylic acids is 1. The molecule has 1 amide bonds. The van der Waals surface area contributed by atoms with Gasteiger partial charge in [0.15, 0.2) is 0 Å². The maximum Gasteiger partial charge on any atom is 0.341 e. The Morgan fingerprint density at radius 2 is 1.65 bits per heavy atom. The predicted molar refractivity (Wildman–Crippen MR) is 114 cm³/mol. The van der Waals surface area contributed by atoms with Crippen molar-refractivity contribution < 1.29 is 28.6 Å². The van der Waals surface area contributed by atoms with Gasteiger partial charge in [-0.25, -0.2) is 9.18 Å². The Balaban J connectivity index is 1.70. The van der Waals surface area contributed by atoms with E-state index >= 15 is 0 Å². The molecule has 0 unspecified atom stereocenters. The molecule has 3 fully saturated rings. The summed E-state index contributed by atoms with van der Waals surface area (Å²) in [5.74, 6) is -3.57. The van der Waals surface area contributed by atoms with Crippen molar-refractivity contribution in [3.8, 4) is 11.1 Å². The highest BCUT2D eigenvalue weighted by molar-refractivity contribution is 7.17. The van der Waals surface area contributed by atoms with Crippen LogP contribution in [0.15, 0.2) is 24.3 Å². The molecule has 6 nitrogen and oxygen atoms in total. The SMILES string of the molecule is COC(=O)c1c(NC(=O)[C@@H]2C3CCC(CC3)[C@@H]2C(=O)O)sc(C)c1-c1ccc(F)cc1. The minimum atomic E-state index is -0.933. The number of hydrogen-bond donors (Lipinski definition) is 2. The molecule has 8 heteroatoms. The molecule has 2 aromatic rings. The highest BCUT2D eigenvalue weighted by Crippen LogP contribution is 2.50. The zero-order valence-electron chi connectivity index (χ0n) is 17.3. The van der Waals surface area contributed by atoms with Crippen molar-refractivity contribution in [2.24, 2.45) is 23.7 Å². The maximum atomic E-state index is 13.4. The van der Waals surface area contributed by atoms with Crippen LogP contribution in [0.5, 0.6) is 0 Å². The first-order valence-corrected chi connectivity index (χ1v) is 11.1. The smallest absolute Gasteiger partial charge is 0.341 e. The lowest BCUT2D eigenvalue weighted by atomic mass is 9.58. The first-order chi connectivity index (χ1) is 14.8. The van der Waals surface area contributed by atoms with Crippen molar-refractivity contribution in [1.82, 2.24) is 0 Å². The summed E-state index contributed by atoms with van der Waals surface area (Å²) in [6.45, 7) is 1.81. The number of methoxy groups -OCH3 is 1. The van der Waals surface area contributed by atoms with E-state index in [0.717, 1.165) is 30.6 Å². The minimum Gasteiger partial charge on any atom is -0.481 e. The summed E-state index contributed by atoms with van der Waals surface area (Å²) in [5, 5.41) is 12.9. The van der Waals surface area contributed by atoms with Gasteiger partial charge >= 0.3 is 11.9 Å². The number of carboxylic acids is 1. The number of esters is 1. The van der Waals surface area contributed by atoms with Gasteiger partial charge in [0.1, 0.15) is 16.4 Å². The molecule has 2 bridgehead atoms. The lowest BCUT2D eigenvalue weighted by Gasteiger charge is -2.45. The average Bonchev–Trinajstić information content (AvgIpc) is 3.09. The second-order valence-electron chi connectivity index (χ2n) is 8.29. The summed E-state index contributed by atoms with van der Waals surface area (Å²) in [7, 11) is 1.26. The van der Waals surface area contributed by atoms with Crippen LogP contribution in [0.1, 0.15) is 40.9 Å². The Kier molecular flexibility index (Phi) is 5.83. The topological polar surface area (TPSA) is 92.7 Å². The normalized spacial score (nSPS) is 24.6. The van der Waals surface area contributed by atoms with Crippen molar-refractivity contribution in [1.29, 1.82) is 0 Å². The van der Waals surface area contributed by atoms with Crippen molar-refractivity contribution in [2.75, 3.05) is 12.4 Å². The summed E-state index contributed by atoms with van der Waals surface area (Å²) < 4.78 is 18.4. The molecule has 3 aliphatic carbocycles. The predicted octanol–water partition coefficient (Wildman–Crippen LogP) is 4.72. The van der Waals surface area contributed by atoms with Crippen LogP contribution in [-0.4, -0.2) is 30.1 Å². The number of carbonyl (C=O) groups excluding carboxylic acids is 2. The number of fused-ring (bicyclic) bond motifs is 3. The van der Waals surface area contributed by atoms with E-state index in [0.29, 0.717) is 16.1 Å². The third kappa shape index (κ3) is 3.84. The van der Waals surface area contributed by atoms with E-state index in [1.54, 1.807) is 12.1 Å². The summed E-state index contributed by atoms with van der Waals surface area (Å²) in [4.78, 5) is 38.6. The number of benzene rings is 1. The van der Waals surface area contributed by atoms with Gasteiger partial charge in [0, 0.05) is 10.4 Å². The molecule has 31 heavy (non-hydrogen) atoms. The Morgan fingerprint density at radius 1 is 1.06 bits per heavy atom. The molecule has 5 rings (SSSR count). The number of hydrogen-bond acceptors (Lipinski definition) is 5. The minimum absolute atomic E-state index is 0.0122. The fourth-order valence-electron chi connectivity index (χ4n) is 5.27. The van der Waals surface area contributed by atoms with Gasteiger partial charge in [-0.3, -0.25) is 9.59 Å². The third-order valence-corrected chi connectivity index (χ3v) is 7.67. The summed E-state index contributed by atoms with van der Waals surface area (Å²) >= 11 is 1.23. The van der Waals surface area contributed by atoms with Gasteiger partial charge in [0.25, 0.3) is 0 Å². The molecule has 0 radical (unpaired) electrons. The monoisotopic (exact) mass is 445 g/mol. The second-order valence-corrected chi connectivity index (χ2v) is 9.51. The van der Waals surface area contributed by atoms with Gasteiger partial charge in [-0.1, -0.05) is 12.1 Å². The van der Waals surface area contributed by atoms with Crippen LogP contribution < -0.4 is 5.32 Å². The van der Waals surface area contributed by atoms with Crippen LogP contribution in [-0.2, 0) is 14.3 Å². The van der Waals surface area contributed by atoms with Gasteiger partial charge in [-0.05, 0) is 62.1 Å². The van der Waals surface area contributed by atoms with Crippen molar-refractivity contribution in [3.63, 3.8) is 0 Å². The molecule has 2 atom stereocenters. The van der Waals surface area contributed by atoms with E-state index in [1.807, 2.05) is 6.92 Å². The summed E-state index contributed by atoms with van der Waals surface area (Å²) in [6.07, 6.45) is 3.37. The number of nitrogens with one attached hydrogen (secondary N) is 1. The molecule has 1 aromatic heterocycles. The number of carbonyl (C=O) groups is 3. The third-order valence-electron chi connectivity index (χ3n) is 6.65. The van der Waals surface area contributed by atoms with Crippen LogP contribution in [0, 0.1) is 36.4 Å². The molecule has 1 heterocycles. The van der Waals surface area contributed by atoms with Crippen LogP contribution in [0.3, 0.4) is 0 Å². The van der Waals surface area contributed by atoms with Crippen LogP contribution in [0.25, 0.3) is 11.1 Å². The van der Waals surface area contributed by atoms with Gasteiger partial charge in [-0.15, -0.1) is 11.3 Å². The number of halogens is 1. The van der Waals surface area contributed by atoms with E-state index in [1.165, 1.54) is 30.6 Å². The zero-order chi connectivity index (χ0) is 22.3. The number of amides is 1. The van der Waals surface area contributed by atoms with E-state index in [9.17, 15) is 23.9 Å². The largest absolute Gasteiger partial charge is 0.481 e. The molecule has 0 saturated heterocycles. The van der Waals surface area contributed by atoms with E-state index < -0.39 is 29.6 Å². The maximum absolute atomic E-state index is 13.4. The Hall–Kier alpha value is -2.74. The Labute approximate surface area is 183 Å². The lowest BCUT2D eigenvalue weighted by Crippen LogP contribution is -2.49. The fraction of sp³-hybridized carbons (Fsp3) is 0.435. The molecule has 0 aliphatic heterocycles. The highest BCUT2D eigenvalue weighted by atomic mass is 32.1. The molecule has 0 spiro atoms. The second kappa shape index (κ2) is 8.42. The van der Waals surface area contributed by atoms with Crippen molar-refractivity contribution in [3.05, 3.63) is 40.5 Å². The quantitative estimate of drug-likeness (QED) is 0.650. The summed E-state index contributed by atoms with van der Waals surface area (Å²) in [5.41, 5.74) is 1.42.